The normalized spacial score (nSPS) is 15.3. The number of carbonyl (C=O) groups is 2. The standard InChI is InChI=1S/C26H34ClN3O4S/c1-19-12-14-24(15-13-19)30(35(3,33)34)18-25(31)29(17-21-8-7-9-22(27)16-21)20(2)26(32)28-23-10-5-4-6-11-23/h7-9,12-16,20,23H,4-6,10-11,17-18H2,1-3H3,(H,28,32)/t20-/m0/s1. The van der Waals surface area contributed by atoms with Gasteiger partial charge in [-0.1, -0.05) is 60.7 Å². The minimum absolute atomic E-state index is 0.0990. The molecule has 2 amide bonds. The molecule has 0 aromatic heterocycles. The molecular weight excluding hydrogens is 486 g/mol. The van der Waals surface area contributed by atoms with Gasteiger partial charge in [0.2, 0.25) is 21.8 Å². The molecule has 0 saturated heterocycles. The molecule has 1 aliphatic carbocycles. The van der Waals surface area contributed by atoms with Crippen LogP contribution in [0.4, 0.5) is 5.69 Å². The summed E-state index contributed by atoms with van der Waals surface area (Å²) >= 11 is 6.15. The van der Waals surface area contributed by atoms with E-state index >= 15 is 0 Å². The highest BCUT2D eigenvalue weighted by Gasteiger charge is 2.31. The third-order valence-electron chi connectivity index (χ3n) is 6.36. The van der Waals surface area contributed by atoms with Crippen molar-refractivity contribution in [2.75, 3.05) is 17.1 Å². The van der Waals surface area contributed by atoms with Gasteiger partial charge in [0.05, 0.1) is 11.9 Å². The number of nitrogens with one attached hydrogen (secondary N) is 1. The Morgan fingerprint density at radius 1 is 1.09 bits per heavy atom. The molecule has 1 N–H and O–H groups in total. The van der Waals surface area contributed by atoms with E-state index in [1.54, 1.807) is 49.4 Å². The number of nitrogens with zero attached hydrogens (tertiary/aromatic N) is 2. The maximum Gasteiger partial charge on any atom is 0.244 e. The van der Waals surface area contributed by atoms with Crippen molar-refractivity contribution < 1.29 is 18.0 Å². The van der Waals surface area contributed by atoms with Crippen molar-refractivity contribution in [2.24, 2.45) is 0 Å². The lowest BCUT2D eigenvalue weighted by atomic mass is 9.95. The maximum absolute atomic E-state index is 13.6. The van der Waals surface area contributed by atoms with E-state index in [0.717, 1.165) is 47.4 Å². The Hall–Kier alpha value is -2.58. The zero-order valence-electron chi connectivity index (χ0n) is 20.5. The van der Waals surface area contributed by atoms with E-state index in [4.69, 9.17) is 11.6 Å². The van der Waals surface area contributed by atoms with Crippen LogP contribution in [0.5, 0.6) is 0 Å². The Balaban J connectivity index is 1.86. The summed E-state index contributed by atoms with van der Waals surface area (Å²) in [6, 6.07) is 13.3. The maximum atomic E-state index is 13.6. The number of aryl methyl sites for hydroxylation is 1. The van der Waals surface area contributed by atoms with E-state index in [1.165, 1.54) is 11.3 Å². The summed E-state index contributed by atoms with van der Waals surface area (Å²) in [6.45, 7) is 3.30. The van der Waals surface area contributed by atoms with Gasteiger partial charge in [0, 0.05) is 17.6 Å². The molecule has 0 bridgehead atoms. The number of halogens is 1. The first-order valence-corrected chi connectivity index (χ1v) is 14.2. The molecule has 0 heterocycles. The van der Waals surface area contributed by atoms with Gasteiger partial charge in [-0.25, -0.2) is 8.42 Å². The highest BCUT2D eigenvalue weighted by molar-refractivity contribution is 7.92. The van der Waals surface area contributed by atoms with Crippen LogP contribution in [0.1, 0.15) is 50.2 Å². The Bertz CT molecular complexity index is 1130. The van der Waals surface area contributed by atoms with E-state index in [1.807, 2.05) is 13.0 Å². The Kier molecular flexibility index (Phi) is 9.19. The van der Waals surface area contributed by atoms with Crippen LogP contribution in [0.3, 0.4) is 0 Å². The van der Waals surface area contributed by atoms with E-state index in [-0.39, 0.29) is 18.5 Å². The van der Waals surface area contributed by atoms with Crippen molar-refractivity contribution in [3.63, 3.8) is 0 Å². The number of rotatable bonds is 9. The van der Waals surface area contributed by atoms with Gasteiger partial charge in [0.25, 0.3) is 0 Å². The Labute approximate surface area is 213 Å². The fourth-order valence-electron chi connectivity index (χ4n) is 4.31. The van der Waals surface area contributed by atoms with Crippen LogP contribution in [-0.2, 0) is 26.2 Å². The first-order chi connectivity index (χ1) is 16.5. The van der Waals surface area contributed by atoms with Crippen LogP contribution in [0, 0.1) is 6.92 Å². The van der Waals surface area contributed by atoms with Crippen LogP contribution in [0.25, 0.3) is 0 Å². The lowest BCUT2D eigenvalue weighted by Gasteiger charge is -2.33. The smallest absolute Gasteiger partial charge is 0.244 e. The first kappa shape index (κ1) is 27.0. The third kappa shape index (κ3) is 7.70. The van der Waals surface area contributed by atoms with Crippen molar-refractivity contribution in [1.82, 2.24) is 10.2 Å². The molecule has 0 unspecified atom stereocenters. The van der Waals surface area contributed by atoms with Crippen LogP contribution in [0.15, 0.2) is 48.5 Å². The molecule has 1 fully saturated rings. The van der Waals surface area contributed by atoms with Crippen LogP contribution in [-0.4, -0.2) is 50.0 Å². The SMILES string of the molecule is Cc1ccc(N(CC(=O)N(Cc2cccc(Cl)c2)[C@@H](C)C(=O)NC2CCCCC2)S(C)(=O)=O)cc1. The van der Waals surface area contributed by atoms with Crippen LogP contribution >= 0.6 is 11.6 Å². The van der Waals surface area contributed by atoms with Gasteiger partial charge in [-0.15, -0.1) is 0 Å². The van der Waals surface area contributed by atoms with Gasteiger partial charge in [0.1, 0.15) is 12.6 Å². The molecule has 1 saturated carbocycles. The predicted molar refractivity (Wildman–Crippen MR) is 140 cm³/mol. The molecule has 0 spiro atoms. The number of carbonyl (C=O) groups excluding carboxylic acids is 2. The minimum Gasteiger partial charge on any atom is -0.352 e. The highest BCUT2D eigenvalue weighted by atomic mass is 35.5. The number of hydrogen-bond acceptors (Lipinski definition) is 4. The van der Waals surface area contributed by atoms with Crippen molar-refractivity contribution >= 4 is 39.1 Å². The Morgan fingerprint density at radius 3 is 2.34 bits per heavy atom. The second-order valence-corrected chi connectivity index (χ2v) is 11.6. The molecule has 9 heteroatoms. The molecule has 3 rings (SSSR count). The summed E-state index contributed by atoms with van der Waals surface area (Å²) in [5.74, 6) is -0.712. The number of anilines is 1. The minimum atomic E-state index is -3.74. The molecule has 35 heavy (non-hydrogen) atoms. The average Bonchev–Trinajstić information content (AvgIpc) is 2.81. The predicted octanol–water partition coefficient (Wildman–Crippen LogP) is 4.28. The summed E-state index contributed by atoms with van der Waals surface area (Å²) in [7, 11) is -3.74. The average molecular weight is 520 g/mol. The van der Waals surface area contributed by atoms with Gasteiger partial charge < -0.3 is 10.2 Å². The van der Waals surface area contributed by atoms with Crippen LogP contribution in [0.2, 0.25) is 5.02 Å². The monoisotopic (exact) mass is 519 g/mol. The topological polar surface area (TPSA) is 86.8 Å². The van der Waals surface area contributed by atoms with E-state index in [0.29, 0.717) is 10.7 Å². The zero-order valence-corrected chi connectivity index (χ0v) is 22.1. The number of benzene rings is 2. The van der Waals surface area contributed by atoms with E-state index in [2.05, 4.69) is 5.32 Å². The Morgan fingerprint density at radius 2 is 1.74 bits per heavy atom. The summed E-state index contributed by atoms with van der Waals surface area (Å²) < 4.78 is 26.3. The molecule has 190 valence electrons. The number of amides is 2. The van der Waals surface area contributed by atoms with E-state index < -0.39 is 28.5 Å². The molecular formula is C26H34ClN3O4S. The summed E-state index contributed by atoms with van der Waals surface area (Å²) in [5.41, 5.74) is 2.13. The van der Waals surface area contributed by atoms with Gasteiger partial charge in [0.15, 0.2) is 0 Å². The quantitative estimate of drug-likeness (QED) is 0.535. The van der Waals surface area contributed by atoms with Gasteiger partial charge in [-0.05, 0) is 56.5 Å². The lowest BCUT2D eigenvalue weighted by Crippen LogP contribution is -2.52. The summed E-state index contributed by atoms with van der Waals surface area (Å²) in [6.07, 6.45) is 6.24. The lowest BCUT2D eigenvalue weighted by molar-refractivity contribution is -0.139. The number of hydrogen-bond donors (Lipinski definition) is 1. The fraction of sp³-hybridized carbons (Fsp3) is 0.462. The molecule has 7 nitrogen and oxygen atoms in total. The summed E-state index contributed by atoms with van der Waals surface area (Å²) in [4.78, 5) is 28.1. The summed E-state index contributed by atoms with van der Waals surface area (Å²) in [5, 5.41) is 3.60. The molecule has 0 aliphatic heterocycles. The molecule has 2 aromatic rings. The van der Waals surface area contributed by atoms with E-state index in [9.17, 15) is 18.0 Å². The van der Waals surface area contributed by atoms with Gasteiger partial charge >= 0.3 is 0 Å². The highest BCUT2D eigenvalue weighted by Crippen LogP contribution is 2.21. The van der Waals surface area contributed by atoms with Crippen molar-refractivity contribution in [3.05, 3.63) is 64.7 Å². The van der Waals surface area contributed by atoms with Gasteiger partial charge in [-0.3, -0.25) is 13.9 Å². The van der Waals surface area contributed by atoms with Crippen molar-refractivity contribution in [3.8, 4) is 0 Å². The largest absolute Gasteiger partial charge is 0.352 e. The fourth-order valence-corrected chi connectivity index (χ4v) is 5.37. The zero-order chi connectivity index (χ0) is 25.6. The number of sulfonamides is 1. The van der Waals surface area contributed by atoms with Gasteiger partial charge in [-0.2, -0.15) is 0 Å². The van der Waals surface area contributed by atoms with Crippen molar-refractivity contribution in [2.45, 2.75) is 64.6 Å². The second-order valence-electron chi connectivity index (χ2n) is 9.28. The molecule has 0 radical (unpaired) electrons. The first-order valence-electron chi connectivity index (χ1n) is 11.9. The second kappa shape index (κ2) is 11.9. The molecule has 1 atom stereocenters. The van der Waals surface area contributed by atoms with Crippen molar-refractivity contribution in [1.29, 1.82) is 0 Å². The van der Waals surface area contributed by atoms with Crippen LogP contribution < -0.4 is 9.62 Å². The third-order valence-corrected chi connectivity index (χ3v) is 7.74. The molecule has 2 aromatic carbocycles. The molecule has 1 aliphatic rings.